The Morgan fingerprint density at radius 1 is 1.12 bits per heavy atom. The number of ether oxygens (including phenoxy) is 1. The van der Waals surface area contributed by atoms with Crippen LogP contribution in [0.1, 0.15) is 45.1 Å². The number of nitrogens with zero attached hydrogens (tertiary/aromatic N) is 2. The lowest BCUT2D eigenvalue weighted by atomic mass is 9.71. The molecule has 25 heavy (non-hydrogen) atoms. The van der Waals surface area contributed by atoms with E-state index in [1.807, 2.05) is 25.7 Å². The van der Waals surface area contributed by atoms with Crippen LogP contribution in [0, 0.1) is 5.92 Å². The Hall–Kier alpha value is -1.07. The van der Waals surface area contributed by atoms with Crippen molar-refractivity contribution in [3.63, 3.8) is 0 Å². The van der Waals surface area contributed by atoms with E-state index in [1.54, 1.807) is 0 Å². The highest BCUT2D eigenvalue weighted by atomic mass is 79.9. The Balaban J connectivity index is 1.38. The van der Waals surface area contributed by atoms with Crippen LogP contribution in [0.5, 0.6) is 0 Å². The number of amides is 1. The highest BCUT2D eigenvalue weighted by Crippen LogP contribution is 2.42. The second-order valence-corrected chi connectivity index (χ2v) is 9.27. The van der Waals surface area contributed by atoms with Crippen LogP contribution in [0.3, 0.4) is 0 Å². The molecule has 0 radical (unpaired) electrons. The van der Waals surface area contributed by atoms with Crippen molar-refractivity contribution in [3.05, 3.63) is 34.3 Å². The molecular formula is C20H29BrN2O2. The van der Waals surface area contributed by atoms with Gasteiger partial charge in [-0.15, -0.1) is 0 Å². The summed E-state index contributed by atoms with van der Waals surface area (Å²) in [6.07, 6.45) is 2.40. The molecule has 1 heterocycles. The maximum absolute atomic E-state index is 12.1. The molecule has 0 aromatic heterocycles. The van der Waals surface area contributed by atoms with Gasteiger partial charge in [0.05, 0.1) is 0 Å². The number of benzene rings is 1. The zero-order chi connectivity index (χ0) is 18.0. The van der Waals surface area contributed by atoms with Crippen molar-refractivity contribution in [1.82, 2.24) is 9.80 Å². The third kappa shape index (κ3) is 5.20. The molecule has 1 aliphatic carbocycles. The molecule has 0 bridgehead atoms. The van der Waals surface area contributed by atoms with Gasteiger partial charge in [0, 0.05) is 37.2 Å². The Bertz CT molecular complexity index is 583. The van der Waals surface area contributed by atoms with Gasteiger partial charge in [-0.2, -0.15) is 0 Å². The predicted molar refractivity (Wildman–Crippen MR) is 104 cm³/mol. The molecule has 4 nitrogen and oxygen atoms in total. The van der Waals surface area contributed by atoms with Crippen LogP contribution < -0.4 is 0 Å². The van der Waals surface area contributed by atoms with Crippen molar-refractivity contribution in [3.8, 4) is 0 Å². The summed E-state index contributed by atoms with van der Waals surface area (Å²) in [4.78, 5) is 16.5. The summed E-state index contributed by atoms with van der Waals surface area (Å²) in [6.45, 7) is 10.4. The number of hydrogen-bond acceptors (Lipinski definition) is 3. The molecular weight excluding hydrogens is 380 g/mol. The molecule has 1 saturated heterocycles. The highest BCUT2D eigenvalue weighted by Gasteiger charge is 2.33. The second-order valence-electron chi connectivity index (χ2n) is 8.35. The van der Waals surface area contributed by atoms with Crippen LogP contribution in [-0.4, -0.2) is 54.2 Å². The highest BCUT2D eigenvalue weighted by molar-refractivity contribution is 9.10. The SMILES string of the molecule is CC(C)(C)OC(=O)N1CCN(CC2CC(c3ccc(Br)cc3)C2)CC1. The second kappa shape index (κ2) is 7.67. The minimum absolute atomic E-state index is 0.175. The van der Waals surface area contributed by atoms with Crippen LogP contribution in [0.25, 0.3) is 0 Å². The molecule has 0 unspecified atom stereocenters. The first-order chi connectivity index (χ1) is 11.8. The quantitative estimate of drug-likeness (QED) is 0.737. The number of carbonyl (C=O) groups excluding carboxylic acids is 1. The molecule has 1 saturated carbocycles. The fourth-order valence-electron chi connectivity index (χ4n) is 3.70. The van der Waals surface area contributed by atoms with Crippen molar-refractivity contribution in [1.29, 1.82) is 0 Å². The lowest BCUT2D eigenvalue weighted by molar-refractivity contribution is 0.0117. The van der Waals surface area contributed by atoms with E-state index in [0.717, 1.165) is 49.0 Å². The fourth-order valence-corrected chi connectivity index (χ4v) is 3.96. The van der Waals surface area contributed by atoms with Gasteiger partial charge in [0.25, 0.3) is 0 Å². The Labute approximate surface area is 159 Å². The van der Waals surface area contributed by atoms with Crippen molar-refractivity contribution in [2.24, 2.45) is 5.92 Å². The molecule has 0 atom stereocenters. The van der Waals surface area contributed by atoms with E-state index in [2.05, 4.69) is 45.1 Å². The van der Waals surface area contributed by atoms with Gasteiger partial charge in [-0.1, -0.05) is 28.1 Å². The zero-order valence-corrected chi connectivity index (χ0v) is 17.1. The lowest BCUT2D eigenvalue weighted by Gasteiger charge is -2.42. The lowest BCUT2D eigenvalue weighted by Crippen LogP contribution is -2.51. The minimum Gasteiger partial charge on any atom is -0.444 e. The molecule has 3 rings (SSSR count). The fraction of sp³-hybridized carbons (Fsp3) is 0.650. The monoisotopic (exact) mass is 408 g/mol. The van der Waals surface area contributed by atoms with Crippen molar-refractivity contribution in [2.75, 3.05) is 32.7 Å². The molecule has 1 amide bonds. The minimum atomic E-state index is -0.414. The zero-order valence-electron chi connectivity index (χ0n) is 15.5. The molecule has 1 aromatic rings. The van der Waals surface area contributed by atoms with Crippen molar-refractivity contribution in [2.45, 2.75) is 45.1 Å². The van der Waals surface area contributed by atoms with E-state index < -0.39 is 5.60 Å². The van der Waals surface area contributed by atoms with E-state index in [0.29, 0.717) is 0 Å². The summed E-state index contributed by atoms with van der Waals surface area (Å²) in [5, 5.41) is 0. The number of rotatable bonds is 3. The van der Waals surface area contributed by atoms with Gasteiger partial charge in [-0.3, -0.25) is 4.90 Å². The molecule has 138 valence electrons. The molecule has 1 aliphatic heterocycles. The van der Waals surface area contributed by atoms with E-state index in [4.69, 9.17) is 4.74 Å². The third-order valence-electron chi connectivity index (χ3n) is 5.12. The van der Waals surface area contributed by atoms with Gasteiger partial charge in [0.15, 0.2) is 0 Å². The number of hydrogen-bond donors (Lipinski definition) is 0. The normalized spacial score (nSPS) is 24.7. The standard InChI is InChI=1S/C20H29BrN2O2/c1-20(2,3)25-19(24)23-10-8-22(9-11-23)14-15-12-17(13-15)16-4-6-18(21)7-5-16/h4-7,15,17H,8-14H2,1-3H3. The molecule has 2 fully saturated rings. The van der Waals surface area contributed by atoms with Gasteiger partial charge >= 0.3 is 6.09 Å². The smallest absolute Gasteiger partial charge is 0.410 e. The summed E-state index contributed by atoms with van der Waals surface area (Å²) in [7, 11) is 0. The first-order valence-corrected chi connectivity index (χ1v) is 10.1. The topological polar surface area (TPSA) is 32.8 Å². The first kappa shape index (κ1) is 18.7. The largest absolute Gasteiger partial charge is 0.444 e. The Kier molecular flexibility index (Phi) is 5.74. The van der Waals surface area contributed by atoms with Crippen LogP contribution >= 0.6 is 15.9 Å². The average molecular weight is 409 g/mol. The first-order valence-electron chi connectivity index (χ1n) is 9.26. The van der Waals surface area contributed by atoms with Crippen molar-refractivity contribution < 1.29 is 9.53 Å². The van der Waals surface area contributed by atoms with E-state index >= 15 is 0 Å². The van der Waals surface area contributed by atoms with Crippen LogP contribution in [-0.2, 0) is 4.74 Å². The van der Waals surface area contributed by atoms with Gasteiger partial charge in [0.1, 0.15) is 5.60 Å². The summed E-state index contributed by atoms with van der Waals surface area (Å²) in [5.74, 6) is 1.52. The third-order valence-corrected chi connectivity index (χ3v) is 5.65. The van der Waals surface area contributed by atoms with Gasteiger partial charge in [-0.05, 0) is 63.1 Å². The summed E-state index contributed by atoms with van der Waals surface area (Å²) >= 11 is 3.50. The van der Waals surface area contributed by atoms with E-state index in [-0.39, 0.29) is 6.09 Å². The molecule has 2 aliphatic rings. The molecule has 0 N–H and O–H groups in total. The van der Waals surface area contributed by atoms with Crippen LogP contribution in [0.2, 0.25) is 0 Å². The van der Waals surface area contributed by atoms with Gasteiger partial charge in [-0.25, -0.2) is 4.79 Å². The van der Waals surface area contributed by atoms with Gasteiger partial charge < -0.3 is 9.64 Å². The summed E-state index contributed by atoms with van der Waals surface area (Å²) in [5.41, 5.74) is 1.05. The Morgan fingerprint density at radius 3 is 2.28 bits per heavy atom. The van der Waals surface area contributed by atoms with Crippen LogP contribution in [0.4, 0.5) is 4.79 Å². The maximum Gasteiger partial charge on any atom is 0.410 e. The molecule has 0 spiro atoms. The average Bonchev–Trinajstić information content (AvgIpc) is 2.50. The maximum atomic E-state index is 12.1. The molecule has 1 aromatic carbocycles. The van der Waals surface area contributed by atoms with Crippen molar-refractivity contribution >= 4 is 22.0 Å². The summed E-state index contributed by atoms with van der Waals surface area (Å²) < 4.78 is 6.61. The van der Waals surface area contributed by atoms with E-state index in [9.17, 15) is 4.79 Å². The van der Waals surface area contributed by atoms with E-state index in [1.165, 1.54) is 18.4 Å². The summed E-state index contributed by atoms with van der Waals surface area (Å²) in [6, 6.07) is 8.76. The number of piperazine rings is 1. The van der Waals surface area contributed by atoms with Gasteiger partial charge in [0.2, 0.25) is 0 Å². The number of halogens is 1. The number of carbonyl (C=O) groups is 1. The Morgan fingerprint density at radius 2 is 1.72 bits per heavy atom. The predicted octanol–water partition coefficient (Wildman–Crippen LogP) is 4.50. The molecule has 5 heteroatoms. The van der Waals surface area contributed by atoms with Crippen LogP contribution in [0.15, 0.2) is 28.7 Å².